The van der Waals surface area contributed by atoms with Crippen molar-refractivity contribution in [2.75, 3.05) is 5.75 Å². The van der Waals surface area contributed by atoms with Crippen molar-refractivity contribution in [1.29, 1.82) is 0 Å². The Hall–Kier alpha value is -0.830. The number of hydrogen-bond donors (Lipinski definition) is 2. The lowest BCUT2D eigenvalue weighted by molar-refractivity contribution is -0.192. The van der Waals surface area contributed by atoms with Gasteiger partial charge in [0.05, 0.1) is 5.75 Å². The first kappa shape index (κ1) is 17.6. The number of alkyl halides is 3. The first-order valence-corrected chi connectivity index (χ1v) is 6.02. The summed E-state index contributed by atoms with van der Waals surface area (Å²) >= 11 is 0. The Labute approximate surface area is 91.5 Å². The molecule has 0 bridgehead atoms. The minimum atomic E-state index is -5.08. The van der Waals surface area contributed by atoms with Crippen LogP contribution in [0, 0.1) is 0 Å². The fraction of sp³-hybridized carbons (Fsp3) is 0.857. The molecule has 5 nitrogen and oxygen atoms in total. The van der Waals surface area contributed by atoms with Crippen LogP contribution in [0.15, 0.2) is 0 Å². The van der Waals surface area contributed by atoms with Crippen molar-refractivity contribution in [2.45, 2.75) is 32.4 Å². The van der Waals surface area contributed by atoms with Crippen LogP contribution in [-0.4, -0.2) is 31.4 Å². The molecule has 0 aliphatic heterocycles. The average Bonchev–Trinajstić information content (AvgIpc) is 2.01. The van der Waals surface area contributed by atoms with Crippen LogP contribution in [0.1, 0.15) is 26.2 Å². The van der Waals surface area contributed by atoms with E-state index in [2.05, 4.69) is 0 Å². The molecule has 98 valence electrons. The third-order valence-electron chi connectivity index (χ3n) is 1.27. The van der Waals surface area contributed by atoms with E-state index in [0.717, 1.165) is 12.8 Å². The molecule has 16 heavy (non-hydrogen) atoms. The highest BCUT2D eigenvalue weighted by molar-refractivity contribution is 7.89. The summed E-state index contributed by atoms with van der Waals surface area (Å²) in [4.78, 5) is 8.90. The zero-order valence-electron chi connectivity index (χ0n) is 8.62. The van der Waals surface area contributed by atoms with Gasteiger partial charge in [0, 0.05) is 0 Å². The van der Waals surface area contributed by atoms with E-state index in [9.17, 15) is 21.6 Å². The maximum absolute atomic E-state index is 10.6. The highest BCUT2D eigenvalue weighted by Crippen LogP contribution is 2.13. The maximum Gasteiger partial charge on any atom is 0.490 e. The number of aliphatic carboxylic acids is 1. The number of halogens is 3. The summed E-state index contributed by atoms with van der Waals surface area (Å²) < 4.78 is 52.3. The summed E-state index contributed by atoms with van der Waals surface area (Å²) in [6.45, 7) is 2.02. The molecule has 0 fully saturated rings. The van der Waals surface area contributed by atoms with Gasteiger partial charge in [0.15, 0.2) is 0 Å². The van der Waals surface area contributed by atoms with Crippen LogP contribution in [0.2, 0.25) is 0 Å². The van der Waals surface area contributed by atoms with Crippen molar-refractivity contribution >= 4 is 16.0 Å². The molecule has 0 saturated carbocycles. The molecule has 0 aliphatic rings. The molecule has 3 N–H and O–H groups in total. The molecular formula is C7H14F3NO4S. The highest BCUT2D eigenvalue weighted by atomic mass is 32.2. The van der Waals surface area contributed by atoms with E-state index < -0.39 is 22.2 Å². The van der Waals surface area contributed by atoms with E-state index in [-0.39, 0.29) is 5.75 Å². The number of rotatable bonds is 4. The van der Waals surface area contributed by atoms with Gasteiger partial charge in [0.2, 0.25) is 10.0 Å². The van der Waals surface area contributed by atoms with Gasteiger partial charge >= 0.3 is 12.1 Å². The maximum atomic E-state index is 10.6. The summed E-state index contributed by atoms with van der Waals surface area (Å²) in [5, 5.41) is 11.9. The zero-order valence-corrected chi connectivity index (χ0v) is 9.44. The smallest absolute Gasteiger partial charge is 0.475 e. The summed E-state index contributed by atoms with van der Waals surface area (Å²) in [5.41, 5.74) is 0. The van der Waals surface area contributed by atoms with E-state index >= 15 is 0 Å². The number of sulfonamides is 1. The monoisotopic (exact) mass is 265 g/mol. The number of carboxylic acids is 1. The molecule has 0 saturated heterocycles. The van der Waals surface area contributed by atoms with Crippen LogP contribution in [0.4, 0.5) is 13.2 Å². The molecule has 0 spiro atoms. The fourth-order valence-corrected chi connectivity index (χ4v) is 1.16. The van der Waals surface area contributed by atoms with Crippen LogP contribution in [0.5, 0.6) is 0 Å². The molecule has 0 aliphatic carbocycles. The second-order valence-electron chi connectivity index (χ2n) is 2.88. The van der Waals surface area contributed by atoms with Gasteiger partial charge in [0.1, 0.15) is 0 Å². The Bertz CT molecular complexity index is 299. The van der Waals surface area contributed by atoms with Gasteiger partial charge in [-0.25, -0.2) is 18.4 Å². The molecule has 0 aromatic rings. The molecule has 0 atom stereocenters. The van der Waals surface area contributed by atoms with Crippen LogP contribution >= 0.6 is 0 Å². The van der Waals surface area contributed by atoms with Gasteiger partial charge in [-0.15, -0.1) is 0 Å². The van der Waals surface area contributed by atoms with Crippen LogP contribution in [0.3, 0.4) is 0 Å². The lowest BCUT2D eigenvalue weighted by Gasteiger charge is -1.94. The Kier molecular flexibility index (Phi) is 8.17. The molecule has 0 rings (SSSR count). The Balaban J connectivity index is 0. The molecular weight excluding hydrogens is 251 g/mol. The molecule has 0 unspecified atom stereocenters. The number of unbranched alkanes of at least 4 members (excludes halogenated alkanes) is 2. The van der Waals surface area contributed by atoms with E-state index in [1.54, 1.807) is 0 Å². The summed E-state index contributed by atoms with van der Waals surface area (Å²) in [5.74, 6) is -2.63. The standard InChI is InChI=1S/C5H13NO2S.C2HF3O2/c1-2-3-4-5-9(6,7)8;3-2(4,5)1(6)7/h2-5H2,1H3,(H2,6,7,8);(H,6,7). The minimum absolute atomic E-state index is 0.126. The van der Waals surface area contributed by atoms with Crippen LogP contribution in [0.25, 0.3) is 0 Å². The van der Waals surface area contributed by atoms with Gasteiger partial charge < -0.3 is 5.11 Å². The second-order valence-corrected chi connectivity index (χ2v) is 4.61. The molecule has 0 heterocycles. The van der Waals surface area contributed by atoms with Crippen molar-refractivity contribution in [3.8, 4) is 0 Å². The Morgan fingerprint density at radius 2 is 1.69 bits per heavy atom. The van der Waals surface area contributed by atoms with Crippen molar-refractivity contribution in [3.05, 3.63) is 0 Å². The third-order valence-corrected chi connectivity index (χ3v) is 2.13. The predicted octanol–water partition coefficient (Wildman–Crippen LogP) is 1.10. The van der Waals surface area contributed by atoms with Gasteiger partial charge in [-0.1, -0.05) is 19.8 Å². The molecule has 0 aromatic heterocycles. The van der Waals surface area contributed by atoms with Gasteiger partial charge in [-0.2, -0.15) is 13.2 Å². The SMILES string of the molecule is CCCCCS(N)(=O)=O.O=C(O)C(F)(F)F. The molecule has 0 radical (unpaired) electrons. The van der Waals surface area contributed by atoms with E-state index in [1.165, 1.54) is 0 Å². The van der Waals surface area contributed by atoms with Crippen LogP contribution < -0.4 is 5.14 Å². The van der Waals surface area contributed by atoms with Crippen molar-refractivity contribution < 1.29 is 31.5 Å². The zero-order chi connectivity index (χ0) is 13.4. The second kappa shape index (κ2) is 7.44. The Morgan fingerprint density at radius 1 is 1.31 bits per heavy atom. The van der Waals surface area contributed by atoms with Gasteiger partial charge in [-0.3, -0.25) is 0 Å². The summed E-state index contributed by atoms with van der Waals surface area (Å²) in [6.07, 6.45) is -2.43. The molecule has 0 amide bonds. The topological polar surface area (TPSA) is 97.5 Å². The van der Waals surface area contributed by atoms with Crippen molar-refractivity contribution in [3.63, 3.8) is 0 Å². The normalized spacial score (nSPS) is 11.6. The predicted molar refractivity (Wildman–Crippen MR) is 51.2 cm³/mol. The lowest BCUT2D eigenvalue weighted by atomic mass is 10.3. The number of carboxylic acid groups (broad SMARTS) is 1. The van der Waals surface area contributed by atoms with Gasteiger partial charge in [0.25, 0.3) is 0 Å². The Morgan fingerprint density at radius 3 is 1.88 bits per heavy atom. The fourth-order valence-electron chi connectivity index (χ4n) is 0.553. The van der Waals surface area contributed by atoms with Crippen LogP contribution in [-0.2, 0) is 14.8 Å². The van der Waals surface area contributed by atoms with E-state index in [1.807, 2.05) is 6.92 Å². The summed E-state index contributed by atoms with van der Waals surface area (Å²) in [7, 11) is -3.20. The largest absolute Gasteiger partial charge is 0.490 e. The first-order chi connectivity index (χ1) is 7.00. The molecule has 9 heteroatoms. The molecule has 0 aromatic carbocycles. The number of nitrogens with two attached hydrogens (primary N) is 1. The summed E-state index contributed by atoms with van der Waals surface area (Å²) in [6, 6.07) is 0. The number of primary sulfonamides is 1. The van der Waals surface area contributed by atoms with E-state index in [0.29, 0.717) is 6.42 Å². The van der Waals surface area contributed by atoms with E-state index in [4.69, 9.17) is 15.0 Å². The quantitative estimate of drug-likeness (QED) is 0.743. The number of carbonyl (C=O) groups is 1. The number of hydrogen-bond acceptors (Lipinski definition) is 3. The lowest BCUT2D eigenvalue weighted by Crippen LogP contribution is -2.21. The minimum Gasteiger partial charge on any atom is -0.475 e. The third kappa shape index (κ3) is 15.6. The van der Waals surface area contributed by atoms with Crippen molar-refractivity contribution in [2.24, 2.45) is 5.14 Å². The average molecular weight is 265 g/mol. The highest BCUT2D eigenvalue weighted by Gasteiger charge is 2.38. The first-order valence-electron chi connectivity index (χ1n) is 4.31. The van der Waals surface area contributed by atoms with Crippen molar-refractivity contribution in [1.82, 2.24) is 0 Å². The van der Waals surface area contributed by atoms with Gasteiger partial charge in [-0.05, 0) is 6.42 Å².